The van der Waals surface area contributed by atoms with Crippen molar-refractivity contribution in [1.82, 2.24) is 4.98 Å². The van der Waals surface area contributed by atoms with Crippen molar-refractivity contribution in [3.05, 3.63) is 45.9 Å². The lowest BCUT2D eigenvalue weighted by atomic mass is 9.93. The number of aliphatic hydroxyl groups is 1. The molecule has 0 amide bonds. The fourth-order valence-corrected chi connectivity index (χ4v) is 3.10. The average Bonchev–Trinajstić information content (AvgIpc) is 2.87. The summed E-state index contributed by atoms with van der Waals surface area (Å²) in [7, 11) is 4.00. The lowest BCUT2D eigenvalue weighted by Crippen LogP contribution is -2.12. The van der Waals surface area contributed by atoms with E-state index in [0.29, 0.717) is 6.42 Å². The molecule has 0 aliphatic heterocycles. The number of nitrogens with zero attached hydrogens (tertiary/aromatic N) is 2. The molecule has 0 bridgehead atoms. The van der Waals surface area contributed by atoms with Crippen molar-refractivity contribution in [2.75, 3.05) is 19.0 Å². The van der Waals surface area contributed by atoms with E-state index in [1.807, 2.05) is 43.3 Å². The molecule has 0 aliphatic rings. The van der Waals surface area contributed by atoms with Crippen LogP contribution in [0.3, 0.4) is 0 Å². The Hall–Kier alpha value is -1.39. The van der Waals surface area contributed by atoms with E-state index in [9.17, 15) is 5.11 Å². The zero-order chi connectivity index (χ0) is 15.6. The summed E-state index contributed by atoms with van der Waals surface area (Å²) in [5.74, 6) is 0. The van der Waals surface area contributed by atoms with Gasteiger partial charge in [0.05, 0.1) is 16.8 Å². The molecule has 0 saturated heterocycles. The topological polar surface area (TPSA) is 36.4 Å². The molecule has 0 spiro atoms. The van der Waals surface area contributed by atoms with Crippen molar-refractivity contribution in [3.63, 3.8) is 0 Å². The van der Waals surface area contributed by atoms with Gasteiger partial charge >= 0.3 is 0 Å². The van der Waals surface area contributed by atoms with E-state index in [1.54, 1.807) is 11.3 Å². The van der Waals surface area contributed by atoms with E-state index < -0.39 is 6.10 Å². The molecule has 0 saturated carbocycles. The van der Waals surface area contributed by atoms with E-state index in [-0.39, 0.29) is 5.41 Å². The quantitative estimate of drug-likeness (QED) is 0.934. The van der Waals surface area contributed by atoms with E-state index in [4.69, 9.17) is 0 Å². The third-order valence-corrected chi connectivity index (χ3v) is 4.33. The van der Waals surface area contributed by atoms with Crippen molar-refractivity contribution in [1.29, 1.82) is 0 Å². The number of hydrogen-bond donors (Lipinski definition) is 1. The smallest absolute Gasteiger partial charge is 0.0957 e. The largest absolute Gasteiger partial charge is 0.388 e. The number of aliphatic hydroxyl groups excluding tert-OH is 1. The Kier molecular flexibility index (Phi) is 4.69. The second kappa shape index (κ2) is 6.16. The fraction of sp³-hybridized carbons (Fsp3) is 0.471. The van der Waals surface area contributed by atoms with Crippen LogP contribution in [0.2, 0.25) is 0 Å². The summed E-state index contributed by atoms with van der Waals surface area (Å²) in [6, 6.07) is 8.02. The maximum atomic E-state index is 10.4. The van der Waals surface area contributed by atoms with E-state index in [2.05, 4.69) is 31.1 Å². The van der Waals surface area contributed by atoms with Gasteiger partial charge in [-0.1, -0.05) is 32.9 Å². The zero-order valence-electron chi connectivity index (χ0n) is 13.4. The molecule has 0 aliphatic carbocycles. The summed E-state index contributed by atoms with van der Waals surface area (Å²) < 4.78 is 0. The number of hydrogen-bond acceptors (Lipinski definition) is 4. The van der Waals surface area contributed by atoms with E-state index in [1.165, 1.54) is 0 Å². The van der Waals surface area contributed by atoms with E-state index in [0.717, 1.165) is 22.0 Å². The van der Waals surface area contributed by atoms with Crippen LogP contribution in [0.5, 0.6) is 0 Å². The van der Waals surface area contributed by atoms with Gasteiger partial charge in [-0.25, -0.2) is 4.98 Å². The Morgan fingerprint density at radius 1 is 1.29 bits per heavy atom. The molecule has 0 fully saturated rings. The molecule has 1 atom stereocenters. The predicted molar refractivity (Wildman–Crippen MR) is 90.2 cm³/mol. The van der Waals surface area contributed by atoms with E-state index >= 15 is 0 Å². The first-order chi connectivity index (χ1) is 9.77. The van der Waals surface area contributed by atoms with Crippen LogP contribution < -0.4 is 4.90 Å². The first-order valence-electron chi connectivity index (χ1n) is 7.17. The van der Waals surface area contributed by atoms with Crippen molar-refractivity contribution < 1.29 is 5.11 Å². The lowest BCUT2D eigenvalue weighted by Gasteiger charge is -2.16. The summed E-state index contributed by atoms with van der Waals surface area (Å²) in [4.78, 5) is 6.69. The third kappa shape index (κ3) is 4.05. The molecular formula is C17H24N2OS. The SMILES string of the molecule is CN(C)c1cccc(C(O)Cc2nc(C(C)(C)C)cs2)c1. The second-order valence-electron chi connectivity index (χ2n) is 6.59. The molecule has 1 aromatic carbocycles. The molecule has 1 N–H and O–H groups in total. The van der Waals surface area contributed by atoms with Crippen molar-refractivity contribution in [2.24, 2.45) is 0 Å². The molecule has 4 heteroatoms. The first-order valence-corrected chi connectivity index (χ1v) is 8.05. The highest BCUT2D eigenvalue weighted by molar-refractivity contribution is 7.09. The van der Waals surface area contributed by atoms with Gasteiger partial charge in [0.2, 0.25) is 0 Å². The summed E-state index contributed by atoms with van der Waals surface area (Å²) in [6.45, 7) is 6.47. The highest BCUT2D eigenvalue weighted by atomic mass is 32.1. The van der Waals surface area contributed by atoms with Gasteiger partial charge < -0.3 is 10.0 Å². The fourth-order valence-electron chi connectivity index (χ4n) is 2.04. The lowest BCUT2D eigenvalue weighted by molar-refractivity contribution is 0.178. The number of rotatable bonds is 4. The van der Waals surface area contributed by atoms with Crippen molar-refractivity contribution in [2.45, 2.75) is 38.7 Å². The summed E-state index contributed by atoms with van der Waals surface area (Å²) in [5, 5.41) is 13.5. The van der Waals surface area contributed by atoms with Crippen LogP contribution in [0.15, 0.2) is 29.6 Å². The number of anilines is 1. The zero-order valence-corrected chi connectivity index (χ0v) is 14.2. The van der Waals surface area contributed by atoms with Crippen molar-refractivity contribution >= 4 is 17.0 Å². The summed E-state index contributed by atoms with van der Waals surface area (Å²) in [5.41, 5.74) is 3.19. The van der Waals surface area contributed by atoms with Crippen LogP contribution in [-0.2, 0) is 11.8 Å². The molecule has 1 unspecified atom stereocenters. The Balaban J connectivity index is 2.12. The molecular weight excluding hydrogens is 280 g/mol. The van der Waals surface area contributed by atoms with Crippen LogP contribution in [0, 0.1) is 0 Å². The summed E-state index contributed by atoms with van der Waals surface area (Å²) >= 11 is 1.63. The molecule has 114 valence electrons. The number of aromatic nitrogens is 1. The van der Waals surface area contributed by atoms with Crippen LogP contribution in [0.4, 0.5) is 5.69 Å². The molecule has 1 aromatic heterocycles. The van der Waals surface area contributed by atoms with Crippen molar-refractivity contribution in [3.8, 4) is 0 Å². The van der Waals surface area contributed by atoms with Gasteiger partial charge in [0.15, 0.2) is 0 Å². The van der Waals surface area contributed by atoms with Gasteiger partial charge in [-0.15, -0.1) is 11.3 Å². The average molecular weight is 304 g/mol. The maximum Gasteiger partial charge on any atom is 0.0957 e. The van der Waals surface area contributed by atoms with Crippen LogP contribution >= 0.6 is 11.3 Å². The minimum atomic E-state index is -0.510. The Bertz CT molecular complexity index is 599. The number of benzene rings is 1. The van der Waals surface area contributed by atoms with Crippen LogP contribution in [0.1, 0.15) is 43.1 Å². The normalized spacial score (nSPS) is 13.2. The third-order valence-electron chi connectivity index (χ3n) is 3.46. The molecule has 1 heterocycles. The molecule has 21 heavy (non-hydrogen) atoms. The van der Waals surface area contributed by atoms with Gasteiger partial charge in [0.25, 0.3) is 0 Å². The highest BCUT2D eigenvalue weighted by Crippen LogP contribution is 2.27. The molecule has 3 nitrogen and oxygen atoms in total. The minimum Gasteiger partial charge on any atom is -0.388 e. The van der Waals surface area contributed by atoms with Crippen LogP contribution in [0.25, 0.3) is 0 Å². The second-order valence-corrected chi connectivity index (χ2v) is 7.53. The Labute approximate surface area is 131 Å². The predicted octanol–water partition coefficient (Wildman–Crippen LogP) is 3.78. The number of thiazole rings is 1. The highest BCUT2D eigenvalue weighted by Gasteiger charge is 2.19. The van der Waals surface area contributed by atoms with Crippen LogP contribution in [-0.4, -0.2) is 24.2 Å². The van der Waals surface area contributed by atoms with Gasteiger partial charge in [-0.05, 0) is 17.7 Å². The molecule has 2 rings (SSSR count). The van der Waals surface area contributed by atoms with Gasteiger partial charge in [0, 0.05) is 37.0 Å². The molecule has 0 radical (unpaired) electrons. The Morgan fingerprint density at radius 2 is 2.00 bits per heavy atom. The van der Waals surface area contributed by atoms with Gasteiger partial charge in [0.1, 0.15) is 0 Å². The Morgan fingerprint density at radius 3 is 2.57 bits per heavy atom. The summed E-state index contributed by atoms with van der Waals surface area (Å²) in [6.07, 6.45) is 0.0568. The monoisotopic (exact) mass is 304 g/mol. The molecule has 2 aromatic rings. The standard InChI is InChI=1S/C17H24N2OS/c1-17(2,3)15-11-21-16(18-15)10-14(20)12-7-6-8-13(9-12)19(4)5/h6-9,11,14,20H,10H2,1-5H3. The first kappa shape index (κ1) is 16.0. The van der Waals surface area contributed by atoms with Gasteiger partial charge in [-0.3, -0.25) is 0 Å². The minimum absolute atomic E-state index is 0.0601. The van der Waals surface area contributed by atoms with Gasteiger partial charge in [-0.2, -0.15) is 0 Å². The maximum absolute atomic E-state index is 10.4.